The smallest absolute Gasteiger partial charge is 0.164 e. The first-order chi connectivity index (χ1) is 20.0. The van der Waals surface area contributed by atoms with Gasteiger partial charge in [-0.05, 0) is 60.7 Å². The Kier molecular flexibility index (Phi) is 9.66. The third-order valence-electron chi connectivity index (χ3n) is 6.09. The van der Waals surface area contributed by atoms with Crippen molar-refractivity contribution < 1.29 is 33.2 Å². The molecule has 4 aromatic rings. The molecular formula is C32H32N2O7. The van der Waals surface area contributed by atoms with E-state index >= 15 is 0 Å². The number of aliphatic imine (C=N–C) groups is 2. The van der Waals surface area contributed by atoms with Crippen molar-refractivity contribution in [3.05, 3.63) is 83.9 Å². The molecule has 9 nitrogen and oxygen atoms in total. The normalized spacial score (nSPS) is 11.0. The summed E-state index contributed by atoms with van der Waals surface area (Å²) in [6, 6.07) is 22.1. The number of benzene rings is 4. The van der Waals surface area contributed by atoms with Crippen LogP contribution in [0.1, 0.15) is 11.1 Å². The number of hydrogen-bond donors (Lipinski definition) is 0. The molecule has 0 aliphatic heterocycles. The lowest BCUT2D eigenvalue weighted by Crippen LogP contribution is -1.96. The molecule has 0 N–H and O–H groups in total. The largest absolute Gasteiger partial charge is 0.496 e. The minimum Gasteiger partial charge on any atom is -0.496 e. The summed E-state index contributed by atoms with van der Waals surface area (Å²) in [5.74, 6) is 4.97. The number of hydrogen-bond acceptors (Lipinski definition) is 9. The molecule has 9 heteroatoms. The summed E-state index contributed by atoms with van der Waals surface area (Å²) in [6.07, 6.45) is 3.43. The summed E-state index contributed by atoms with van der Waals surface area (Å²) in [6.45, 7) is 0. The van der Waals surface area contributed by atoms with Crippen LogP contribution in [0.5, 0.6) is 46.0 Å². The second-order valence-corrected chi connectivity index (χ2v) is 8.50. The van der Waals surface area contributed by atoms with E-state index in [9.17, 15) is 0 Å². The van der Waals surface area contributed by atoms with Crippen LogP contribution in [0.2, 0.25) is 0 Å². The molecular weight excluding hydrogens is 524 g/mol. The Morgan fingerprint density at radius 3 is 1.05 bits per heavy atom. The molecule has 0 aromatic heterocycles. The first-order valence-electron chi connectivity index (χ1n) is 12.6. The minimum atomic E-state index is 0.584. The van der Waals surface area contributed by atoms with Crippen LogP contribution in [-0.2, 0) is 0 Å². The molecule has 212 valence electrons. The van der Waals surface area contributed by atoms with E-state index in [-0.39, 0.29) is 0 Å². The van der Waals surface area contributed by atoms with Gasteiger partial charge in [0.2, 0.25) is 0 Å². The van der Waals surface area contributed by atoms with Crippen molar-refractivity contribution in [1.82, 2.24) is 0 Å². The predicted molar refractivity (Wildman–Crippen MR) is 160 cm³/mol. The fraction of sp³-hybridized carbons (Fsp3) is 0.188. The summed E-state index contributed by atoms with van der Waals surface area (Å²) in [4.78, 5) is 9.11. The molecule has 4 rings (SSSR count). The average molecular weight is 557 g/mol. The van der Waals surface area contributed by atoms with Crippen LogP contribution in [0, 0.1) is 0 Å². The van der Waals surface area contributed by atoms with E-state index in [1.807, 2.05) is 60.7 Å². The molecule has 0 bridgehead atoms. The zero-order valence-corrected chi connectivity index (χ0v) is 23.8. The van der Waals surface area contributed by atoms with Crippen LogP contribution in [0.3, 0.4) is 0 Å². The molecule has 0 amide bonds. The highest BCUT2D eigenvalue weighted by Gasteiger charge is 2.11. The third-order valence-corrected chi connectivity index (χ3v) is 6.09. The maximum atomic E-state index is 5.99. The van der Waals surface area contributed by atoms with Gasteiger partial charge in [0.15, 0.2) is 23.0 Å². The van der Waals surface area contributed by atoms with Crippen molar-refractivity contribution in [3.8, 4) is 46.0 Å². The van der Waals surface area contributed by atoms with Crippen molar-refractivity contribution >= 4 is 23.8 Å². The molecule has 0 spiro atoms. The van der Waals surface area contributed by atoms with Gasteiger partial charge in [-0.1, -0.05) is 0 Å². The summed E-state index contributed by atoms with van der Waals surface area (Å²) in [7, 11) is 9.52. The van der Waals surface area contributed by atoms with E-state index in [4.69, 9.17) is 33.2 Å². The van der Waals surface area contributed by atoms with Gasteiger partial charge in [-0.2, -0.15) is 0 Å². The van der Waals surface area contributed by atoms with Gasteiger partial charge in [0.25, 0.3) is 0 Å². The lowest BCUT2D eigenvalue weighted by molar-refractivity contribution is 0.349. The summed E-state index contributed by atoms with van der Waals surface area (Å²) >= 11 is 0. The number of methoxy groups -OCH3 is 6. The molecule has 0 unspecified atom stereocenters. The van der Waals surface area contributed by atoms with Crippen LogP contribution in [-0.4, -0.2) is 55.1 Å². The quantitative estimate of drug-likeness (QED) is 0.173. The molecule has 0 aliphatic rings. The van der Waals surface area contributed by atoms with E-state index in [0.29, 0.717) is 46.0 Å². The topological polar surface area (TPSA) is 89.3 Å². The van der Waals surface area contributed by atoms with Crippen LogP contribution in [0.4, 0.5) is 11.4 Å². The maximum Gasteiger partial charge on any atom is 0.164 e. The van der Waals surface area contributed by atoms with Crippen LogP contribution >= 0.6 is 0 Å². The Morgan fingerprint density at radius 1 is 0.415 bits per heavy atom. The van der Waals surface area contributed by atoms with Crippen molar-refractivity contribution in [2.24, 2.45) is 9.98 Å². The third kappa shape index (κ3) is 7.07. The molecule has 41 heavy (non-hydrogen) atoms. The second kappa shape index (κ2) is 13.7. The van der Waals surface area contributed by atoms with Crippen molar-refractivity contribution in [2.75, 3.05) is 42.7 Å². The van der Waals surface area contributed by atoms with Crippen LogP contribution in [0.25, 0.3) is 0 Å². The Balaban J connectivity index is 1.42. The van der Waals surface area contributed by atoms with Gasteiger partial charge in [-0.25, -0.2) is 0 Å². The monoisotopic (exact) mass is 556 g/mol. The van der Waals surface area contributed by atoms with E-state index in [1.165, 1.54) is 0 Å². The maximum absolute atomic E-state index is 5.99. The van der Waals surface area contributed by atoms with Gasteiger partial charge in [0, 0.05) is 35.7 Å². The van der Waals surface area contributed by atoms with Gasteiger partial charge in [-0.3, -0.25) is 9.98 Å². The van der Waals surface area contributed by atoms with Gasteiger partial charge in [0.1, 0.15) is 23.0 Å². The summed E-state index contributed by atoms with van der Waals surface area (Å²) < 4.78 is 38.4. The van der Waals surface area contributed by atoms with Gasteiger partial charge in [0.05, 0.1) is 54.0 Å². The lowest BCUT2D eigenvalue weighted by Gasteiger charge is -2.12. The van der Waals surface area contributed by atoms with Crippen molar-refractivity contribution in [3.63, 3.8) is 0 Å². The van der Waals surface area contributed by atoms with E-state index in [2.05, 4.69) is 9.98 Å². The van der Waals surface area contributed by atoms with E-state index < -0.39 is 0 Å². The highest BCUT2D eigenvalue weighted by Crippen LogP contribution is 2.35. The van der Waals surface area contributed by atoms with Crippen LogP contribution < -0.4 is 33.2 Å². The molecule has 0 saturated heterocycles. The second-order valence-electron chi connectivity index (χ2n) is 8.50. The summed E-state index contributed by atoms with van der Waals surface area (Å²) in [5.41, 5.74) is 3.03. The average Bonchev–Trinajstić information content (AvgIpc) is 3.03. The minimum absolute atomic E-state index is 0.584. The lowest BCUT2D eigenvalue weighted by atomic mass is 10.2. The van der Waals surface area contributed by atoms with Gasteiger partial charge in [-0.15, -0.1) is 0 Å². The number of nitrogens with zero attached hydrogens (tertiary/aromatic N) is 2. The first-order valence-corrected chi connectivity index (χ1v) is 12.6. The number of ether oxygens (including phenoxy) is 7. The fourth-order valence-corrected chi connectivity index (χ4v) is 3.93. The van der Waals surface area contributed by atoms with Gasteiger partial charge < -0.3 is 33.2 Å². The standard InChI is InChI=1S/C32H32N2O7/c1-35-27-17-31(39-5)29(37-3)15-21(27)19-33-23-7-11-25(12-8-23)41-26-13-9-24(10-14-26)34-20-22-16-30(38-4)32(40-6)18-28(22)36-2/h7-20H,1-6H3. The highest BCUT2D eigenvalue weighted by atomic mass is 16.5. The molecule has 0 heterocycles. The van der Waals surface area contributed by atoms with Crippen molar-refractivity contribution in [1.29, 1.82) is 0 Å². The van der Waals surface area contributed by atoms with Crippen molar-refractivity contribution in [2.45, 2.75) is 0 Å². The SMILES string of the molecule is COc1cc(OC)c(OC)cc1C=Nc1ccc(Oc2ccc(N=Cc3cc(OC)c(OC)cc3OC)cc2)cc1. The summed E-state index contributed by atoms with van der Waals surface area (Å²) in [5, 5.41) is 0. The molecule has 0 fully saturated rings. The van der Waals surface area contributed by atoms with E-state index in [1.54, 1.807) is 67.2 Å². The number of rotatable bonds is 12. The van der Waals surface area contributed by atoms with E-state index in [0.717, 1.165) is 22.5 Å². The molecule has 0 radical (unpaired) electrons. The molecule has 0 saturated carbocycles. The fourth-order valence-electron chi connectivity index (χ4n) is 3.93. The zero-order chi connectivity index (χ0) is 29.2. The molecule has 0 atom stereocenters. The Bertz CT molecular complexity index is 1400. The zero-order valence-electron chi connectivity index (χ0n) is 23.8. The Morgan fingerprint density at radius 2 is 0.732 bits per heavy atom. The van der Waals surface area contributed by atoms with Gasteiger partial charge >= 0.3 is 0 Å². The van der Waals surface area contributed by atoms with Crippen LogP contribution in [0.15, 0.2) is 82.8 Å². The Labute approximate surface area is 239 Å². The Hall–Kier alpha value is -5.18. The first kappa shape index (κ1) is 28.8. The predicted octanol–water partition coefficient (Wildman–Crippen LogP) is 7.03. The molecule has 0 aliphatic carbocycles. The highest BCUT2D eigenvalue weighted by molar-refractivity contribution is 5.87. The molecule has 4 aromatic carbocycles.